The largest absolute Gasteiger partial charge is 0.465 e. The number of ketones is 1. The molecule has 3 atom stereocenters. The zero-order valence-electron chi connectivity index (χ0n) is 14.7. The molecular weight excluding hydrogens is 380 g/mol. The number of carbonyl (C=O) groups excluding carboxylic acids is 1. The van der Waals surface area contributed by atoms with Gasteiger partial charge in [-0.2, -0.15) is 0 Å². The third-order valence-electron chi connectivity index (χ3n) is 5.13. The van der Waals surface area contributed by atoms with Gasteiger partial charge in [0.1, 0.15) is 17.5 Å². The van der Waals surface area contributed by atoms with Gasteiger partial charge >= 0.3 is 0 Å². The fourth-order valence-electron chi connectivity index (χ4n) is 4.06. The molecule has 27 heavy (non-hydrogen) atoms. The van der Waals surface area contributed by atoms with Crippen molar-refractivity contribution >= 4 is 34.5 Å². The first-order valence-electron chi connectivity index (χ1n) is 8.63. The number of rotatable bonds is 2. The highest BCUT2D eigenvalue weighted by molar-refractivity contribution is 7.11. The summed E-state index contributed by atoms with van der Waals surface area (Å²) in [7, 11) is 0. The third kappa shape index (κ3) is 2.38. The van der Waals surface area contributed by atoms with Crippen LogP contribution in [0.25, 0.3) is 6.08 Å². The van der Waals surface area contributed by atoms with Gasteiger partial charge in [0.05, 0.1) is 10.6 Å². The van der Waals surface area contributed by atoms with E-state index in [1.54, 1.807) is 22.8 Å². The van der Waals surface area contributed by atoms with Crippen molar-refractivity contribution in [1.29, 1.82) is 0 Å². The maximum atomic E-state index is 13.3. The summed E-state index contributed by atoms with van der Waals surface area (Å²) >= 11 is 2.93. The highest BCUT2D eigenvalue weighted by Crippen LogP contribution is 2.47. The minimum atomic E-state index is -1.01. The second-order valence-corrected chi connectivity index (χ2v) is 8.91. The highest BCUT2D eigenvalue weighted by atomic mass is 32.1. The van der Waals surface area contributed by atoms with Gasteiger partial charge in [0.2, 0.25) is 5.72 Å². The van der Waals surface area contributed by atoms with E-state index in [1.165, 1.54) is 11.3 Å². The number of benzene rings is 1. The Morgan fingerprint density at radius 2 is 2.11 bits per heavy atom. The number of ether oxygens (including phenoxy) is 1. The smallest absolute Gasteiger partial charge is 0.270 e. The zero-order valence-corrected chi connectivity index (χ0v) is 16.3. The molecule has 7 heteroatoms. The predicted octanol–water partition coefficient (Wildman–Crippen LogP) is 2.34. The number of hydrogen-bond acceptors (Lipinski definition) is 6. The average Bonchev–Trinajstić information content (AvgIpc) is 3.22. The number of hydrogen-bond donors (Lipinski definition) is 0. The van der Waals surface area contributed by atoms with Crippen LogP contribution in [0.1, 0.15) is 30.3 Å². The lowest BCUT2D eigenvalue weighted by Gasteiger charge is -2.45. The first-order chi connectivity index (χ1) is 13.0. The number of Topliss-reactive ketones (excluding diaryl/α,β-unsaturated/α-hetero) is 1. The Morgan fingerprint density at radius 3 is 2.85 bits per heavy atom. The van der Waals surface area contributed by atoms with Gasteiger partial charge in [0, 0.05) is 10.4 Å². The van der Waals surface area contributed by atoms with Crippen LogP contribution < -0.4 is 19.6 Å². The van der Waals surface area contributed by atoms with E-state index in [1.807, 2.05) is 54.8 Å². The van der Waals surface area contributed by atoms with Crippen molar-refractivity contribution in [3.05, 3.63) is 71.9 Å². The Balaban J connectivity index is 1.85. The van der Waals surface area contributed by atoms with E-state index in [0.29, 0.717) is 15.1 Å². The van der Waals surface area contributed by atoms with E-state index in [0.717, 1.165) is 10.4 Å². The minimum Gasteiger partial charge on any atom is -0.465 e. The number of carbonyl (C=O) groups is 1. The number of thiophene rings is 1. The first kappa shape index (κ1) is 16.6. The van der Waals surface area contributed by atoms with Crippen molar-refractivity contribution in [2.24, 2.45) is 10.9 Å². The lowest BCUT2D eigenvalue weighted by atomic mass is 9.79. The second-order valence-electron chi connectivity index (χ2n) is 6.92. The summed E-state index contributed by atoms with van der Waals surface area (Å²) in [6.45, 7) is 3.38. The van der Waals surface area contributed by atoms with Crippen molar-refractivity contribution in [2.45, 2.75) is 25.6 Å². The van der Waals surface area contributed by atoms with Gasteiger partial charge in [0.25, 0.3) is 5.56 Å². The third-order valence-corrected chi connectivity index (χ3v) is 6.94. The molecule has 0 spiro atoms. The van der Waals surface area contributed by atoms with Gasteiger partial charge in [0.15, 0.2) is 4.80 Å². The molecule has 4 heterocycles. The summed E-state index contributed by atoms with van der Waals surface area (Å²) in [6.07, 6.45) is 1.89. The van der Waals surface area contributed by atoms with Crippen molar-refractivity contribution in [2.75, 3.05) is 0 Å². The molecule has 3 aromatic rings. The molecular formula is C20H16N2O3S2. The maximum absolute atomic E-state index is 13.3. The summed E-state index contributed by atoms with van der Waals surface area (Å²) < 4.78 is 8.47. The van der Waals surface area contributed by atoms with Gasteiger partial charge in [-0.05, 0) is 37.4 Å². The Kier molecular flexibility index (Phi) is 3.54. The molecule has 0 amide bonds. The van der Waals surface area contributed by atoms with Gasteiger partial charge in [-0.25, -0.2) is 4.99 Å². The standard InChI is InChI=1S/C20H16N2O3S2/c1-11(23)16-17-13-7-3-4-8-14(13)25-20(16,2)21-19-22(17)18(24)15(27-19)10-12-6-5-9-26-12/h3-10,16-17H,1-2H3/b15-10-/t16-,17+,20-/m0/s1. The molecule has 0 saturated carbocycles. The molecule has 0 saturated heterocycles. The van der Waals surface area contributed by atoms with Crippen LogP contribution in [0.2, 0.25) is 0 Å². The van der Waals surface area contributed by atoms with Crippen LogP contribution in [0.3, 0.4) is 0 Å². The quantitative estimate of drug-likeness (QED) is 0.668. The summed E-state index contributed by atoms with van der Waals surface area (Å²) in [5.41, 5.74) is -0.265. The van der Waals surface area contributed by atoms with Crippen LogP contribution in [-0.2, 0) is 4.79 Å². The van der Waals surface area contributed by atoms with Gasteiger partial charge < -0.3 is 4.74 Å². The zero-order chi connectivity index (χ0) is 18.8. The molecule has 2 aliphatic heterocycles. The summed E-state index contributed by atoms with van der Waals surface area (Å²) in [5.74, 6) is 0.105. The van der Waals surface area contributed by atoms with Crippen molar-refractivity contribution in [1.82, 2.24) is 4.57 Å². The van der Waals surface area contributed by atoms with Crippen LogP contribution in [0, 0.1) is 5.92 Å². The lowest BCUT2D eigenvalue weighted by molar-refractivity contribution is -0.132. The molecule has 5 rings (SSSR count). The van der Waals surface area contributed by atoms with Crippen LogP contribution >= 0.6 is 22.7 Å². The second kappa shape index (κ2) is 5.74. The van der Waals surface area contributed by atoms with Crippen molar-refractivity contribution in [3.8, 4) is 5.75 Å². The van der Waals surface area contributed by atoms with E-state index < -0.39 is 17.7 Å². The molecule has 5 nitrogen and oxygen atoms in total. The van der Waals surface area contributed by atoms with Crippen LogP contribution in [-0.4, -0.2) is 16.1 Å². The van der Waals surface area contributed by atoms with Crippen LogP contribution in [0.4, 0.5) is 0 Å². The van der Waals surface area contributed by atoms with Crippen molar-refractivity contribution in [3.63, 3.8) is 0 Å². The van der Waals surface area contributed by atoms with Gasteiger partial charge in [-0.3, -0.25) is 14.2 Å². The Hall–Kier alpha value is -2.51. The van der Waals surface area contributed by atoms with Gasteiger partial charge in [-0.1, -0.05) is 35.6 Å². The number of fused-ring (bicyclic) bond motifs is 6. The molecule has 1 aromatic carbocycles. The van der Waals surface area contributed by atoms with Crippen LogP contribution in [0.15, 0.2) is 51.6 Å². The number of aromatic nitrogens is 1. The van der Waals surface area contributed by atoms with Crippen molar-refractivity contribution < 1.29 is 9.53 Å². The highest BCUT2D eigenvalue weighted by Gasteiger charge is 2.53. The molecule has 2 bridgehead atoms. The maximum Gasteiger partial charge on any atom is 0.270 e. The number of nitrogens with zero attached hydrogens (tertiary/aromatic N) is 2. The summed E-state index contributed by atoms with van der Waals surface area (Å²) in [5, 5.41) is 1.98. The molecule has 2 aliphatic rings. The Labute approximate surface area is 162 Å². The van der Waals surface area contributed by atoms with Crippen LogP contribution in [0.5, 0.6) is 5.75 Å². The lowest BCUT2D eigenvalue weighted by Crippen LogP contribution is -2.58. The van der Waals surface area contributed by atoms with E-state index in [2.05, 4.69) is 0 Å². The molecule has 0 fully saturated rings. The van der Waals surface area contributed by atoms with Gasteiger partial charge in [-0.15, -0.1) is 11.3 Å². The fraction of sp³-hybridized carbons (Fsp3) is 0.250. The first-order valence-corrected chi connectivity index (χ1v) is 10.3. The monoisotopic (exact) mass is 396 g/mol. The fourth-order valence-corrected chi connectivity index (χ4v) is 5.88. The van der Waals surface area contributed by atoms with E-state index in [-0.39, 0.29) is 11.3 Å². The molecule has 136 valence electrons. The topological polar surface area (TPSA) is 60.7 Å². The SMILES string of the molecule is CC(=O)[C@H]1[C@H]2c3ccccc3O[C@]1(C)N=c1s/c(=C\c3cccs3)c(=O)n12. The molecule has 0 radical (unpaired) electrons. The van der Waals surface area contributed by atoms with E-state index in [4.69, 9.17) is 9.73 Å². The minimum absolute atomic E-state index is 0.0340. The average molecular weight is 396 g/mol. The van der Waals surface area contributed by atoms with E-state index >= 15 is 0 Å². The number of para-hydroxylation sites is 1. The van der Waals surface area contributed by atoms with E-state index in [9.17, 15) is 9.59 Å². The molecule has 2 aromatic heterocycles. The molecule has 0 aliphatic carbocycles. The number of thiazole rings is 1. The Bertz CT molecular complexity index is 1240. The summed E-state index contributed by atoms with van der Waals surface area (Å²) in [4.78, 5) is 32.2. The Morgan fingerprint density at radius 1 is 1.30 bits per heavy atom. The normalized spacial score (nSPS) is 25.9. The predicted molar refractivity (Wildman–Crippen MR) is 105 cm³/mol. The molecule has 0 N–H and O–H groups in total. The molecule has 0 unspecified atom stereocenters. The summed E-state index contributed by atoms with van der Waals surface area (Å²) in [6, 6.07) is 11.1.